The van der Waals surface area contributed by atoms with Gasteiger partial charge in [-0.25, -0.2) is 10.8 Å². The molecule has 0 aliphatic carbocycles. The number of aliphatic imine (C=N–C) groups is 2. The summed E-state index contributed by atoms with van der Waals surface area (Å²) in [5, 5.41) is 1.05. The van der Waals surface area contributed by atoms with Crippen LogP contribution >= 0.6 is 11.6 Å². The first kappa shape index (κ1) is 11.4. The molecule has 0 fully saturated rings. The first-order valence-electron chi connectivity index (χ1n) is 3.80. The first-order valence-corrected chi connectivity index (χ1v) is 4.18. The maximum atomic E-state index is 11.4. The Hall–Kier alpha value is -1.64. The summed E-state index contributed by atoms with van der Waals surface area (Å²) in [6, 6.07) is 0. The number of nitrogens with two attached hydrogens (primary N) is 4. The van der Waals surface area contributed by atoms with E-state index in [0.717, 1.165) is 5.01 Å². The summed E-state index contributed by atoms with van der Waals surface area (Å²) in [7, 11) is 0. The zero-order chi connectivity index (χ0) is 11.6. The summed E-state index contributed by atoms with van der Waals surface area (Å²) in [6.45, 7) is 0. The maximum absolute atomic E-state index is 11.4. The van der Waals surface area contributed by atoms with Crippen molar-refractivity contribution in [2.45, 2.75) is 6.17 Å². The van der Waals surface area contributed by atoms with Gasteiger partial charge in [-0.05, 0) is 0 Å². The quantitative estimate of drug-likeness (QED) is 0.173. The fourth-order valence-electron chi connectivity index (χ4n) is 0.903. The maximum Gasteiger partial charge on any atom is 0.298 e. The minimum absolute atomic E-state index is 0.0216. The highest BCUT2D eigenvalue weighted by Crippen LogP contribution is 2.12. The summed E-state index contributed by atoms with van der Waals surface area (Å²) < 4.78 is 0. The Morgan fingerprint density at radius 2 is 2.20 bits per heavy atom. The van der Waals surface area contributed by atoms with Crippen molar-refractivity contribution in [2.24, 2.45) is 33.0 Å². The zero-order valence-electron chi connectivity index (χ0n) is 7.59. The molecule has 0 radical (unpaired) electrons. The molecule has 0 spiro atoms. The van der Waals surface area contributed by atoms with Gasteiger partial charge in [0, 0.05) is 0 Å². The third kappa shape index (κ3) is 2.65. The first-order chi connectivity index (χ1) is 6.91. The number of amides is 1. The van der Waals surface area contributed by atoms with Crippen LogP contribution in [0.5, 0.6) is 0 Å². The lowest BCUT2D eigenvalue weighted by molar-refractivity contribution is -0.112. The number of hydrazine groups is 1. The molecule has 1 aliphatic rings. The van der Waals surface area contributed by atoms with Crippen LogP contribution in [0.1, 0.15) is 0 Å². The van der Waals surface area contributed by atoms with Crippen LogP contribution in [0.4, 0.5) is 0 Å². The Morgan fingerprint density at radius 1 is 1.60 bits per heavy atom. The van der Waals surface area contributed by atoms with Crippen LogP contribution in [-0.4, -0.2) is 28.8 Å². The van der Waals surface area contributed by atoms with Gasteiger partial charge in [-0.15, -0.1) is 0 Å². The van der Waals surface area contributed by atoms with Crippen LogP contribution in [-0.2, 0) is 4.79 Å². The molecule has 0 aromatic heterocycles. The number of hydrogen-bond donors (Lipinski definition) is 4. The molecule has 8 nitrogen and oxygen atoms in total. The molecule has 1 heterocycles. The Morgan fingerprint density at radius 3 is 2.73 bits per heavy atom. The Bertz CT molecular complexity index is 370. The monoisotopic (exact) mass is 231 g/mol. The van der Waals surface area contributed by atoms with Crippen molar-refractivity contribution in [2.75, 3.05) is 0 Å². The predicted molar refractivity (Wildman–Crippen MR) is 56.2 cm³/mol. The predicted octanol–water partition coefficient (Wildman–Crippen LogP) is -2.26. The lowest BCUT2D eigenvalue weighted by atomic mass is 10.2. The molecule has 8 N–H and O–H groups in total. The summed E-state index contributed by atoms with van der Waals surface area (Å²) in [5.41, 5.74) is 15.5. The summed E-state index contributed by atoms with van der Waals surface area (Å²) in [5.74, 6) is 4.27. The number of hydrogen-bond acceptors (Lipinski definition) is 5. The molecular formula is C6H10ClN7O. The van der Waals surface area contributed by atoms with Crippen LogP contribution in [0, 0.1) is 0 Å². The van der Waals surface area contributed by atoms with Gasteiger partial charge in [0.1, 0.15) is 17.0 Å². The molecule has 1 rings (SSSR count). The number of rotatable bonds is 1. The van der Waals surface area contributed by atoms with Gasteiger partial charge in [-0.3, -0.25) is 9.80 Å². The third-order valence-corrected chi connectivity index (χ3v) is 1.72. The van der Waals surface area contributed by atoms with Crippen molar-refractivity contribution in [3.05, 3.63) is 11.4 Å². The van der Waals surface area contributed by atoms with Gasteiger partial charge in [0.2, 0.25) is 0 Å². The minimum Gasteiger partial charge on any atom is -0.370 e. The fraction of sp³-hybridized carbons (Fsp3) is 0.167. The van der Waals surface area contributed by atoms with Crippen molar-refractivity contribution in [3.63, 3.8) is 0 Å². The van der Waals surface area contributed by atoms with E-state index in [4.69, 9.17) is 34.6 Å². The van der Waals surface area contributed by atoms with Crippen molar-refractivity contribution < 1.29 is 4.79 Å². The average molecular weight is 232 g/mol. The molecule has 0 saturated carbocycles. The summed E-state index contributed by atoms with van der Waals surface area (Å²) in [4.78, 5) is 18.4. The largest absolute Gasteiger partial charge is 0.370 e. The molecule has 0 bridgehead atoms. The van der Waals surface area contributed by atoms with Crippen LogP contribution in [0.25, 0.3) is 0 Å². The van der Waals surface area contributed by atoms with Crippen molar-refractivity contribution in [1.29, 1.82) is 0 Å². The van der Waals surface area contributed by atoms with E-state index in [2.05, 4.69) is 9.98 Å². The van der Waals surface area contributed by atoms with Gasteiger partial charge in [-0.2, -0.15) is 4.99 Å². The Kier molecular flexibility index (Phi) is 3.24. The normalized spacial score (nSPS) is 20.5. The molecule has 0 aromatic carbocycles. The molecule has 1 atom stereocenters. The summed E-state index contributed by atoms with van der Waals surface area (Å²) >= 11 is 5.59. The lowest BCUT2D eigenvalue weighted by Gasteiger charge is -2.25. The molecule has 1 aliphatic heterocycles. The van der Waals surface area contributed by atoms with Gasteiger partial charge >= 0.3 is 0 Å². The third-order valence-electron chi connectivity index (χ3n) is 1.53. The summed E-state index contributed by atoms with van der Waals surface area (Å²) in [6.07, 6.45) is 0.349. The molecule has 0 aromatic rings. The van der Waals surface area contributed by atoms with E-state index in [9.17, 15) is 4.79 Å². The smallest absolute Gasteiger partial charge is 0.298 e. The van der Waals surface area contributed by atoms with Crippen LogP contribution in [0.15, 0.2) is 21.3 Å². The van der Waals surface area contributed by atoms with Crippen molar-refractivity contribution in [3.8, 4) is 0 Å². The second kappa shape index (κ2) is 4.26. The zero-order valence-corrected chi connectivity index (χ0v) is 8.35. The van der Waals surface area contributed by atoms with Crippen LogP contribution in [0.3, 0.4) is 0 Å². The Labute approximate surface area is 90.2 Å². The van der Waals surface area contributed by atoms with E-state index in [0.29, 0.717) is 0 Å². The molecule has 0 saturated heterocycles. The molecule has 1 amide bonds. The molecular weight excluding hydrogens is 222 g/mol. The highest BCUT2D eigenvalue weighted by molar-refractivity contribution is 6.44. The second-order valence-electron chi connectivity index (χ2n) is 2.68. The average Bonchev–Trinajstić information content (AvgIpc) is 2.09. The van der Waals surface area contributed by atoms with Gasteiger partial charge in [-0.1, -0.05) is 11.6 Å². The molecule has 82 valence electrons. The van der Waals surface area contributed by atoms with Gasteiger partial charge < -0.3 is 17.2 Å². The highest BCUT2D eigenvalue weighted by Gasteiger charge is 2.26. The topological polar surface area (TPSA) is 149 Å². The van der Waals surface area contributed by atoms with Crippen LogP contribution < -0.4 is 23.0 Å². The standard InChI is InChI=1S/C6H10ClN7O/c7-2-1-14(11)4(8)3(12-2)5(15)13-6(9)10/h1,4H,8,11H2,(H4,9,10,13,15). The number of guanidine groups is 1. The number of carbonyl (C=O) groups is 1. The van der Waals surface area contributed by atoms with Gasteiger partial charge in [0.25, 0.3) is 5.91 Å². The van der Waals surface area contributed by atoms with Gasteiger partial charge in [0.15, 0.2) is 5.96 Å². The number of halogens is 1. The lowest BCUT2D eigenvalue weighted by Crippen LogP contribution is -2.52. The van der Waals surface area contributed by atoms with E-state index in [1.807, 2.05) is 0 Å². The molecule has 1 unspecified atom stereocenters. The fourth-order valence-corrected chi connectivity index (χ4v) is 1.11. The second-order valence-corrected chi connectivity index (χ2v) is 3.07. The van der Waals surface area contributed by atoms with E-state index >= 15 is 0 Å². The van der Waals surface area contributed by atoms with E-state index in [1.165, 1.54) is 6.20 Å². The Balaban J connectivity index is 2.99. The highest BCUT2D eigenvalue weighted by atomic mass is 35.5. The van der Waals surface area contributed by atoms with Gasteiger partial charge in [0.05, 0.1) is 6.20 Å². The number of carbonyl (C=O) groups excluding carboxylic acids is 1. The molecule has 15 heavy (non-hydrogen) atoms. The number of nitrogens with zero attached hydrogens (tertiary/aromatic N) is 3. The SMILES string of the molecule is NC(N)=NC(=O)C1=NC(Cl)=CN(N)C1N. The van der Waals surface area contributed by atoms with Crippen molar-refractivity contribution in [1.82, 2.24) is 5.01 Å². The minimum atomic E-state index is -0.928. The van der Waals surface area contributed by atoms with Crippen molar-refractivity contribution >= 4 is 29.2 Å². The van der Waals surface area contributed by atoms with E-state index in [1.54, 1.807) is 0 Å². The van der Waals surface area contributed by atoms with E-state index < -0.39 is 12.1 Å². The van der Waals surface area contributed by atoms with Crippen LogP contribution in [0.2, 0.25) is 0 Å². The molecule has 9 heteroatoms. The van der Waals surface area contributed by atoms with E-state index in [-0.39, 0.29) is 16.8 Å².